The van der Waals surface area contributed by atoms with Crippen molar-refractivity contribution < 1.29 is 14.3 Å². The van der Waals surface area contributed by atoms with E-state index in [1.807, 2.05) is 49.9 Å². The van der Waals surface area contributed by atoms with E-state index < -0.39 is 5.60 Å². The maximum atomic E-state index is 12.3. The van der Waals surface area contributed by atoms with E-state index in [0.29, 0.717) is 13.2 Å². The lowest BCUT2D eigenvalue weighted by Gasteiger charge is -2.26. The van der Waals surface area contributed by atoms with Crippen LogP contribution in [0.2, 0.25) is 0 Å². The van der Waals surface area contributed by atoms with Gasteiger partial charge in [0.25, 0.3) is 0 Å². The summed E-state index contributed by atoms with van der Waals surface area (Å²) in [4.78, 5) is 16.5. The lowest BCUT2D eigenvalue weighted by molar-refractivity contribution is 0.0255. The van der Waals surface area contributed by atoms with E-state index in [1.165, 1.54) is 5.56 Å². The van der Waals surface area contributed by atoms with Gasteiger partial charge in [0.2, 0.25) is 0 Å². The van der Waals surface area contributed by atoms with Gasteiger partial charge in [-0.3, -0.25) is 0 Å². The number of ether oxygens (including phenoxy) is 2. The van der Waals surface area contributed by atoms with Crippen LogP contribution in [0.4, 0.5) is 4.79 Å². The van der Waals surface area contributed by atoms with Crippen LogP contribution in [-0.2, 0) is 16.1 Å². The number of carbonyl (C=O) groups excluding carboxylic acids is 1. The van der Waals surface area contributed by atoms with Gasteiger partial charge in [0, 0.05) is 26.2 Å². The zero-order valence-electron chi connectivity index (χ0n) is 17.0. The van der Waals surface area contributed by atoms with E-state index in [9.17, 15) is 4.79 Å². The smallest absolute Gasteiger partial charge is 0.410 e. The molecule has 2 rings (SSSR count). The highest BCUT2D eigenvalue weighted by Gasteiger charge is 2.24. The minimum atomic E-state index is -0.448. The lowest BCUT2D eigenvalue weighted by Crippen LogP contribution is -2.39. The van der Waals surface area contributed by atoms with E-state index in [0.717, 1.165) is 39.0 Å². The molecule has 1 fully saturated rings. The monoisotopic (exact) mass is 374 g/mol. The fourth-order valence-corrected chi connectivity index (χ4v) is 3.06. The van der Waals surface area contributed by atoms with Crippen LogP contribution < -0.4 is 0 Å². The van der Waals surface area contributed by atoms with Gasteiger partial charge in [-0.2, -0.15) is 0 Å². The first kappa shape index (κ1) is 21.5. The molecule has 0 spiro atoms. The van der Waals surface area contributed by atoms with Crippen molar-refractivity contribution in [2.75, 3.05) is 32.7 Å². The Kier molecular flexibility index (Phi) is 8.32. The topological polar surface area (TPSA) is 42.0 Å². The Morgan fingerprint density at radius 2 is 1.93 bits per heavy atom. The van der Waals surface area contributed by atoms with Gasteiger partial charge in [0.1, 0.15) is 5.60 Å². The van der Waals surface area contributed by atoms with E-state index in [1.54, 1.807) is 0 Å². The molecule has 1 aromatic rings. The summed E-state index contributed by atoms with van der Waals surface area (Å²) in [5, 5.41) is 0. The molecule has 5 heteroatoms. The van der Waals surface area contributed by atoms with Crippen LogP contribution in [0.1, 0.15) is 39.2 Å². The van der Waals surface area contributed by atoms with E-state index in [-0.39, 0.29) is 12.2 Å². The molecule has 150 valence electrons. The fraction of sp³-hybridized carbons (Fsp3) is 0.591. The van der Waals surface area contributed by atoms with E-state index >= 15 is 0 Å². The second-order valence-corrected chi connectivity index (χ2v) is 8.02. The highest BCUT2D eigenvalue weighted by molar-refractivity contribution is 5.68. The molecule has 1 atom stereocenters. The maximum absolute atomic E-state index is 12.3. The highest BCUT2D eigenvalue weighted by Crippen LogP contribution is 2.13. The first-order valence-electron chi connectivity index (χ1n) is 9.86. The molecule has 1 aliphatic rings. The average molecular weight is 375 g/mol. The third-order valence-electron chi connectivity index (χ3n) is 4.54. The normalized spacial score (nSPS) is 17.2. The predicted octanol–water partition coefficient (Wildman–Crippen LogP) is 4.09. The lowest BCUT2D eigenvalue weighted by atomic mass is 10.2. The summed E-state index contributed by atoms with van der Waals surface area (Å²) in [7, 11) is 0. The summed E-state index contributed by atoms with van der Waals surface area (Å²) in [6.45, 7) is 14.5. The zero-order valence-corrected chi connectivity index (χ0v) is 17.0. The maximum Gasteiger partial charge on any atom is 0.410 e. The molecule has 5 nitrogen and oxygen atoms in total. The Labute approximate surface area is 163 Å². The SMILES string of the molecule is C=CC(CCN1CCCN(C(=O)OC(C)(C)C)CC1)OCc1ccccc1. The number of amides is 1. The summed E-state index contributed by atoms with van der Waals surface area (Å²) in [5.74, 6) is 0. The molecule has 0 aromatic heterocycles. The van der Waals surface area contributed by atoms with Gasteiger partial charge in [-0.25, -0.2) is 4.79 Å². The van der Waals surface area contributed by atoms with Crippen LogP contribution in [0.15, 0.2) is 43.0 Å². The first-order chi connectivity index (χ1) is 12.9. The second kappa shape index (κ2) is 10.5. The Balaban J connectivity index is 1.73. The Bertz CT molecular complexity index is 583. The van der Waals surface area contributed by atoms with Crippen molar-refractivity contribution >= 4 is 6.09 Å². The number of nitrogens with zero attached hydrogens (tertiary/aromatic N) is 2. The predicted molar refractivity (Wildman–Crippen MR) is 109 cm³/mol. The zero-order chi connectivity index (χ0) is 19.7. The number of hydrogen-bond donors (Lipinski definition) is 0. The van der Waals surface area contributed by atoms with Gasteiger partial charge in [0.05, 0.1) is 12.7 Å². The van der Waals surface area contributed by atoms with Crippen LogP contribution in [0.5, 0.6) is 0 Å². The molecule has 0 radical (unpaired) electrons. The molecule has 1 saturated heterocycles. The standard InChI is InChI=1S/C22H34N2O3/c1-5-20(26-18-19-10-7-6-8-11-19)12-15-23-13-9-14-24(17-16-23)21(25)27-22(2,3)4/h5-8,10-11,20H,1,9,12-18H2,2-4H3. The van der Waals surface area contributed by atoms with Crippen LogP contribution in [0.25, 0.3) is 0 Å². The van der Waals surface area contributed by atoms with Gasteiger partial charge >= 0.3 is 6.09 Å². The van der Waals surface area contributed by atoms with Gasteiger partial charge in [-0.1, -0.05) is 36.4 Å². The molecule has 1 amide bonds. The van der Waals surface area contributed by atoms with E-state index in [2.05, 4.69) is 23.6 Å². The van der Waals surface area contributed by atoms with Crippen molar-refractivity contribution in [3.63, 3.8) is 0 Å². The van der Waals surface area contributed by atoms with Gasteiger partial charge in [0.15, 0.2) is 0 Å². The molecular formula is C22H34N2O3. The summed E-state index contributed by atoms with van der Waals surface area (Å²) in [6, 6.07) is 10.2. The van der Waals surface area contributed by atoms with Crippen molar-refractivity contribution in [2.45, 2.75) is 51.9 Å². The number of hydrogen-bond acceptors (Lipinski definition) is 4. The average Bonchev–Trinajstić information content (AvgIpc) is 2.87. The molecule has 1 unspecified atom stereocenters. The molecule has 27 heavy (non-hydrogen) atoms. The molecule has 0 aliphatic carbocycles. The number of rotatable bonds is 7. The minimum Gasteiger partial charge on any atom is -0.444 e. The molecule has 1 aromatic carbocycles. The molecular weight excluding hydrogens is 340 g/mol. The van der Waals surface area contributed by atoms with Crippen molar-refractivity contribution in [1.82, 2.24) is 9.80 Å². The molecule has 1 heterocycles. The minimum absolute atomic E-state index is 0.0374. The van der Waals surface area contributed by atoms with Crippen molar-refractivity contribution in [1.29, 1.82) is 0 Å². The quantitative estimate of drug-likeness (QED) is 0.674. The van der Waals surface area contributed by atoms with Crippen LogP contribution in [0.3, 0.4) is 0 Å². The molecule has 0 saturated carbocycles. The Hall–Kier alpha value is -1.85. The third kappa shape index (κ3) is 8.14. The van der Waals surface area contributed by atoms with Crippen molar-refractivity contribution in [3.8, 4) is 0 Å². The van der Waals surface area contributed by atoms with Crippen molar-refractivity contribution in [2.24, 2.45) is 0 Å². The van der Waals surface area contributed by atoms with Gasteiger partial charge < -0.3 is 19.3 Å². The number of benzene rings is 1. The van der Waals surface area contributed by atoms with Crippen LogP contribution >= 0.6 is 0 Å². The highest BCUT2D eigenvalue weighted by atomic mass is 16.6. The van der Waals surface area contributed by atoms with Gasteiger partial charge in [-0.15, -0.1) is 6.58 Å². The molecule has 0 bridgehead atoms. The largest absolute Gasteiger partial charge is 0.444 e. The number of carbonyl (C=O) groups is 1. The second-order valence-electron chi connectivity index (χ2n) is 8.02. The van der Waals surface area contributed by atoms with Crippen LogP contribution in [-0.4, -0.2) is 60.3 Å². The Morgan fingerprint density at radius 3 is 2.59 bits per heavy atom. The summed E-state index contributed by atoms with van der Waals surface area (Å²) in [5.41, 5.74) is 0.725. The molecule has 1 aliphatic heterocycles. The third-order valence-corrected chi connectivity index (χ3v) is 4.54. The Morgan fingerprint density at radius 1 is 1.19 bits per heavy atom. The van der Waals surface area contributed by atoms with Gasteiger partial charge in [-0.05, 0) is 45.7 Å². The summed E-state index contributed by atoms with van der Waals surface area (Å²) < 4.78 is 11.5. The molecule has 0 N–H and O–H groups in total. The first-order valence-corrected chi connectivity index (χ1v) is 9.86. The van der Waals surface area contributed by atoms with Crippen LogP contribution in [0, 0.1) is 0 Å². The summed E-state index contributed by atoms with van der Waals surface area (Å²) >= 11 is 0. The summed E-state index contributed by atoms with van der Waals surface area (Å²) in [6.07, 6.45) is 3.58. The van der Waals surface area contributed by atoms with Crippen molar-refractivity contribution in [3.05, 3.63) is 48.6 Å². The van der Waals surface area contributed by atoms with E-state index in [4.69, 9.17) is 9.47 Å². The fourth-order valence-electron chi connectivity index (χ4n) is 3.06.